The van der Waals surface area contributed by atoms with Gasteiger partial charge in [-0.15, -0.1) is 0 Å². The number of rotatable bonds is 5. The standard InChI is InChI=1S/C9H6F11NO/c1-3(4(21)22)2-5(10,11)6(12,13)7(14,15)8(16,17)9(18,19)20/h2H,1H3,(H2,21,22). The summed E-state index contributed by atoms with van der Waals surface area (Å²) in [6.07, 6.45) is -8.44. The molecule has 0 radical (unpaired) electrons. The van der Waals surface area contributed by atoms with Gasteiger partial charge in [-0.2, -0.15) is 48.3 Å². The van der Waals surface area contributed by atoms with E-state index in [4.69, 9.17) is 0 Å². The molecule has 0 aliphatic carbocycles. The number of carbonyl (C=O) groups is 1. The van der Waals surface area contributed by atoms with Gasteiger partial charge in [0, 0.05) is 5.57 Å². The molecule has 0 unspecified atom stereocenters. The molecule has 2 N–H and O–H groups in total. The fourth-order valence-electron chi connectivity index (χ4n) is 1.02. The van der Waals surface area contributed by atoms with E-state index < -0.39 is 47.4 Å². The molecule has 1 amide bonds. The van der Waals surface area contributed by atoms with Gasteiger partial charge in [-0.1, -0.05) is 0 Å². The first kappa shape index (κ1) is 20.4. The summed E-state index contributed by atoms with van der Waals surface area (Å²) in [7, 11) is 0. The lowest BCUT2D eigenvalue weighted by Crippen LogP contribution is -2.66. The number of alkyl halides is 11. The van der Waals surface area contributed by atoms with Crippen LogP contribution in [-0.2, 0) is 4.79 Å². The summed E-state index contributed by atoms with van der Waals surface area (Å²) in [6, 6.07) is 0. The molecule has 0 fully saturated rings. The van der Waals surface area contributed by atoms with Crippen LogP contribution in [0, 0.1) is 0 Å². The smallest absolute Gasteiger partial charge is 0.366 e. The Balaban J connectivity index is 6.11. The van der Waals surface area contributed by atoms with Gasteiger partial charge >= 0.3 is 29.9 Å². The topological polar surface area (TPSA) is 43.1 Å². The van der Waals surface area contributed by atoms with Crippen LogP contribution in [0.4, 0.5) is 48.3 Å². The summed E-state index contributed by atoms with van der Waals surface area (Å²) < 4.78 is 138. The van der Waals surface area contributed by atoms with Gasteiger partial charge in [-0.05, 0) is 13.0 Å². The molecule has 0 saturated carbocycles. The maximum atomic E-state index is 13.0. The fourth-order valence-corrected chi connectivity index (χ4v) is 1.02. The van der Waals surface area contributed by atoms with Crippen LogP contribution in [0.1, 0.15) is 6.92 Å². The van der Waals surface area contributed by atoms with Crippen LogP contribution in [-0.4, -0.2) is 35.8 Å². The Bertz CT molecular complexity index is 476. The van der Waals surface area contributed by atoms with Gasteiger partial charge in [0.25, 0.3) is 0 Å². The summed E-state index contributed by atoms with van der Waals surface area (Å²) in [5.74, 6) is -30.2. The Morgan fingerprint density at radius 3 is 1.41 bits per heavy atom. The van der Waals surface area contributed by atoms with Gasteiger partial charge < -0.3 is 5.73 Å². The van der Waals surface area contributed by atoms with E-state index in [1.165, 1.54) is 0 Å². The maximum Gasteiger partial charge on any atom is 0.460 e. The SMILES string of the molecule is CC(=CC(F)(F)C(F)(F)C(F)(F)C(F)(F)C(F)(F)F)C(N)=O. The molecule has 130 valence electrons. The second-order valence-electron chi connectivity index (χ2n) is 4.04. The Hall–Kier alpha value is -1.56. The van der Waals surface area contributed by atoms with Gasteiger partial charge in [-0.25, -0.2) is 0 Å². The summed E-state index contributed by atoms with van der Waals surface area (Å²) in [5, 5.41) is 0. The van der Waals surface area contributed by atoms with Crippen molar-refractivity contribution in [2.24, 2.45) is 5.73 Å². The quantitative estimate of drug-likeness (QED) is 0.597. The van der Waals surface area contributed by atoms with Crippen molar-refractivity contribution < 1.29 is 53.1 Å². The van der Waals surface area contributed by atoms with Crippen molar-refractivity contribution in [2.45, 2.75) is 36.8 Å². The summed E-state index contributed by atoms with van der Waals surface area (Å²) >= 11 is 0. The normalized spacial score (nSPS) is 15.9. The highest BCUT2D eigenvalue weighted by atomic mass is 19.4. The number of hydrogen-bond donors (Lipinski definition) is 1. The third kappa shape index (κ3) is 2.97. The molecule has 0 rings (SSSR count). The first-order valence-corrected chi connectivity index (χ1v) is 4.90. The van der Waals surface area contributed by atoms with E-state index in [1.807, 2.05) is 0 Å². The highest BCUT2D eigenvalue weighted by Crippen LogP contribution is 2.57. The molecule has 0 spiro atoms. The number of hydrogen-bond acceptors (Lipinski definition) is 1. The van der Waals surface area contributed by atoms with Crippen molar-refractivity contribution >= 4 is 5.91 Å². The molecule has 0 aromatic rings. The molecule has 0 aromatic carbocycles. The molecule has 22 heavy (non-hydrogen) atoms. The Morgan fingerprint density at radius 1 is 0.773 bits per heavy atom. The zero-order chi connectivity index (χ0) is 18.4. The lowest BCUT2D eigenvalue weighted by molar-refractivity contribution is -0.417. The minimum Gasteiger partial charge on any atom is -0.366 e. The van der Waals surface area contributed by atoms with E-state index in [1.54, 1.807) is 0 Å². The number of primary amides is 1. The largest absolute Gasteiger partial charge is 0.460 e. The van der Waals surface area contributed by atoms with Crippen molar-refractivity contribution in [3.63, 3.8) is 0 Å². The van der Waals surface area contributed by atoms with Crippen molar-refractivity contribution in [3.05, 3.63) is 11.6 Å². The highest BCUT2D eigenvalue weighted by molar-refractivity contribution is 5.91. The Morgan fingerprint density at radius 2 is 1.14 bits per heavy atom. The molecule has 0 atom stereocenters. The van der Waals surface area contributed by atoms with Crippen molar-refractivity contribution in [2.75, 3.05) is 0 Å². The average molecular weight is 353 g/mol. The second kappa shape index (κ2) is 5.26. The van der Waals surface area contributed by atoms with E-state index in [9.17, 15) is 53.1 Å². The molecule has 13 heteroatoms. The van der Waals surface area contributed by atoms with Crippen LogP contribution < -0.4 is 5.73 Å². The molecule has 2 nitrogen and oxygen atoms in total. The van der Waals surface area contributed by atoms with Gasteiger partial charge in [0.2, 0.25) is 5.91 Å². The lowest BCUT2D eigenvalue weighted by atomic mass is 9.96. The Labute approximate surface area is 114 Å². The predicted octanol–water partition coefficient (Wildman–Crippen LogP) is 3.52. The molecule has 0 bridgehead atoms. The summed E-state index contributed by atoms with van der Waals surface area (Å²) in [6.45, 7) is 0.340. The van der Waals surface area contributed by atoms with Crippen molar-refractivity contribution in [1.82, 2.24) is 0 Å². The van der Waals surface area contributed by atoms with Gasteiger partial charge in [-0.3, -0.25) is 4.79 Å². The van der Waals surface area contributed by atoms with E-state index in [0.717, 1.165) is 0 Å². The van der Waals surface area contributed by atoms with Crippen LogP contribution in [0.2, 0.25) is 0 Å². The third-order valence-electron chi connectivity index (χ3n) is 2.35. The van der Waals surface area contributed by atoms with Crippen molar-refractivity contribution in [3.8, 4) is 0 Å². The van der Waals surface area contributed by atoms with Crippen LogP contribution in [0.15, 0.2) is 11.6 Å². The number of amides is 1. The van der Waals surface area contributed by atoms with Crippen molar-refractivity contribution in [1.29, 1.82) is 0 Å². The maximum absolute atomic E-state index is 13.0. The lowest BCUT2D eigenvalue weighted by Gasteiger charge is -2.36. The van der Waals surface area contributed by atoms with Gasteiger partial charge in [0.05, 0.1) is 0 Å². The van der Waals surface area contributed by atoms with E-state index in [-0.39, 0.29) is 0 Å². The van der Waals surface area contributed by atoms with Gasteiger partial charge in [0.1, 0.15) is 0 Å². The fraction of sp³-hybridized carbons (Fsp3) is 0.667. The monoisotopic (exact) mass is 353 g/mol. The van der Waals surface area contributed by atoms with E-state index in [2.05, 4.69) is 5.73 Å². The molecule has 0 heterocycles. The summed E-state index contributed by atoms with van der Waals surface area (Å²) in [5.41, 5.74) is 2.90. The zero-order valence-electron chi connectivity index (χ0n) is 10.2. The minimum atomic E-state index is -7.50. The van der Waals surface area contributed by atoms with E-state index >= 15 is 0 Å². The van der Waals surface area contributed by atoms with Crippen LogP contribution in [0.3, 0.4) is 0 Å². The molecule has 0 aromatic heterocycles. The molecular weight excluding hydrogens is 347 g/mol. The third-order valence-corrected chi connectivity index (χ3v) is 2.35. The van der Waals surface area contributed by atoms with Crippen LogP contribution in [0.5, 0.6) is 0 Å². The molecule has 0 aliphatic heterocycles. The van der Waals surface area contributed by atoms with E-state index in [0.29, 0.717) is 6.92 Å². The van der Waals surface area contributed by atoms with Crippen LogP contribution >= 0.6 is 0 Å². The first-order chi connectivity index (χ1) is 9.33. The number of nitrogens with two attached hydrogens (primary N) is 1. The minimum absolute atomic E-state index is 0.340. The first-order valence-electron chi connectivity index (χ1n) is 4.90. The zero-order valence-corrected chi connectivity index (χ0v) is 10.2. The molecular formula is C9H6F11NO. The number of allylic oxidation sites excluding steroid dienone is 1. The molecule has 0 saturated heterocycles. The molecule has 0 aliphatic rings. The Kier molecular flexibility index (Phi) is 4.89. The van der Waals surface area contributed by atoms with Crippen LogP contribution in [0.25, 0.3) is 0 Å². The number of halogens is 11. The summed E-state index contributed by atoms with van der Waals surface area (Å²) in [4.78, 5) is 10.4. The number of carbonyl (C=O) groups excluding carboxylic acids is 1. The predicted molar refractivity (Wildman–Crippen MR) is 48.8 cm³/mol. The average Bonchev–Trinajstić information content (AvgIpc) is 2.25. The highest BCUT2D eigenvalue weighted by Gasteiger charge is 2.86. The second-order valence-corrected chi connectivity index (χ2v) is 4.04. The van der Waals surface area contributed by atoms with Gasteiger partial charge in [0.15, 0.2) is 0 Å².